The fourth-order valence-electron chi connectivity index (χ4n) is 8.92. The van der Waals surface area contributed by atoms with Crippen LogP contribution in [0.3, 0.4) is 0 Å². The number of hydrogen-bond acceptors (Lipinski definition) is 0. The molecule has 4 aliphatic carbocycles. The van der Waals surface area contributed by atoms with E-state index in [1.165, 1.54) is 163 Å². The van der Waals surface area contributed by atoms with E-state index in [1.54, 1.807) is 0 Å². The van der Waals surface area contributed by atoms with E-state index in [4.69, 9.17) is 0 Å². The van der Waals surface area contributed by atoms with Crippen molar-refractivity contribution in [2.45, 2.75) is 165 Å². The van der Waals surface area contributed by atoms with Gasteiger partial charge in [-0.25, -0.2) is 0 Å². The molecule has 4 saturated carbocycles. The molecule has 0 spiro atoms. The molecule has 0 aromatic carbocycles. The summed E-state index contributed by atoms with van der Waals surface area (Å²) in [5.41, 5.74) is 0. The van der Waals surface area contributed by atoms with E-state index < -0.39 is 0 Å². The Morgan fingerprint density at radius 3 is 0.812 bits per heavy atom. The minimum Gasteiger partial charge on any atom is -0.321 e. The van der Waals surface area contributed by atoms with Crippen molar-refractivity contribution < 1.29 is 8.97 Å². The predicted molar refractivity (Wildman–Crippen MR) is 139 cm³/mol. The van der Waals surface area contributed by atoms with Gasteiger partial charge in [0.1, 0.15) is 0 Å². The van der Waals surface area contributed by atoms with Gasteiger partial charge in [-0.3, -0.25) is 0 Å². The Morgan fingerprint density at radius 2 is 0.594 bits per heavy atom. The predicted octanol–water partition coefficient (Wildman–Crippen LogP) is 7.99. The average molecular weight is 447 g/mol. The Hall–Kier alpha value is -0.0800. The molecule has 0 radical (unpaired) electrons. The zero-order chi connectivity index (χ0) is 22.3. The smallest absolute Gasteiger partial charge is 0.0890 e. The number of unbranched alkanes of at least 4 members (excludes halogenated alkanes) is 1. The molecule has 4 fully saturated rings. The highest BCUT2D eigenvalue weighted by atomic mass is 15.4. The summed E-state index contributed by atoms with van der Waals surface area (Å²) in [7, 11) is 5.42. The second kappa shape index (κ2) is 12.1. The normalized spacial score (nSPS) is 26.4. The molecule has 0 unspecified atom stereocenters. The van der Waals surface area contributed by atoms with E-state index in [-0.39, 0.29) is 0 Å². The van der Waals surface area contributed by atoms with Crippen LogP contribution in [0.25, 0.3) is 0 Å². The molecule has 0 N–H and O–H groups in total. The fraction of sp³-hybridized carbons (Fsp3) is 1.00. The van der Waals surface area contributed by atoms with Crippen molar-refractivity contribution in [1.82, 2.24) is 0 Å². The van der Waals surface area contributed by atoms with Crippen molar-refractivity contribution in [1.29, 1.82) is 0 Å². The molecule has 0 saturated heterocycles. The molecule has 0 aromatic heterocycles. The highest BCUT2D eigenvalue weighted by Gasteiger charge is 2.42. The van der Waals surface area contributed by atoms with Crippen LogP contribution in [-0.4, -0.2) is 60.3 Å². The molecule has 0 aromatic rings. The number of nitrogens with zero attached hydrogens (tertiary/aromatic N) is 2. The number of rotatable bonds is 9. The number of hydrogen-bond donors (Lipinski definition) is 0. The molecule has 0 aliphatic heterocycles. The Labute approximate surface area is 201 Å². The summed E-state index contributed by atoms with van der Waals surface area (Å²) in [4.78, 5) is 0. The van der Waals surface area contributed by atoms with E-state index in [0.29, 0.717) is 0 Å². The van der Waals surface area contributed by atoms with Crippen molar-refractivity contribution in [3.63, 3.8) is 0 Å². The van der Waals surface area contributed by atoms with Crippen LogP contribution in [0.5, 0.6) is 0 Å². The Kier molecular flexibility index (Phi) is 9.43. The van der Waals surface area contributed by atoms with Crippen molar-refractivity contribution >= 4 is 0 Å². The van der Waals surface area contributed by atoms with Crippen LogP contribution in [0, 0.1) is 0 Å². The molecule has 0 amide bonds. The van der Waals surface area contributed by atoms with Gasteiger partial charge in [-0.1, -0.05) is 25.7 Å². The zero-order valence-electron chi connectivity index (χ0n) is 22.2. The van der Waals surface area contributed by atoms with E-state index in [2.05, 4.69) is 14.1 Å². The second-order valence-electron chi connectivity index (χ2n) is 13.0. The third-order valence-electron chi connectivity index (χ3n) is 11.2. The third kappa shape index (κ3) is 5.94. The molecule has 0 bridgehead atoms. The van der Waals surface area contributed by atoms with E-state index in [9.17, 15) is 0 Å². The minimum atomic E-state index is 0.976. The lowest BCUT2D eigenvalue weighted by Gasteiger charge is -2.51. The van der Waals surface area contributed by atoms with Crippen LogP contribution in [0.2, 0.25) is 0 Å². The summed E-state index contributed by atoms with van der Waals surface area (Å²) >= 11 is 0. The third-order valence-corrected chi connectivity index (χ3v) is 11.2. The van der Waals surface area contributed by atoms with Crippen molar-refractivity contribution in [2.75, 3.05) is 27.2 Å². The van der Waals surface area contributed by atoms with Gasteiger partial charge in [0.2, 0.25) is 0 Å². The highest BCUT2D eigenvalue weighted by Crippen LogP contribution is 2.38. The maximum absolute atomic E-state index is 2.71. The Bertz CT molecular complexity index is 435. The quantitative estimate of drug-likeness (QED) is 0.249. The van der Waals surface area contributed by atoms with Gasteiger partial charge in [0, 0.05) is 12.8 Å². The molecular formula is C30H58N2+2. The highest BCUT2D eigenvalue weighted by molar-refractivity contribution is 4.76. The molecule has 0 atom stereocenters. The molecule has 186 valence electrons. The van der Waals surface area contributed by atoms with Gasteiger partial charge >= 0.3 is 0 Å². The Morgan fingerprint density at radius 1 is 0.375 bits per heavy atom. The summed E-state index contributed by atoms with van der Waals surface area (Å²) in [6, 6.07) is 3.91. The molecule has 2 heteroatoms. The van der Waals surface area contributed by atoms with Crippen molar-refractivity contribution in [3.8, 4) is 0 Å². The average Bonchev–Trinajstić information content (AvgIpc) is 2.88. The summed E-state index contributed by atoms with van der Waals surface area (Å²) in [5.74, 6) is 0. The monoisotopic (exact) mass is 446 g/mol. The lowest BCUT2D eigenvalue weighted by molar-refractivity contribution is -0.964. The van der Waals surface area contributed by atoms with Crippen LogP contribution in [-0.2, 0) is 0 Å². The summed E-state index contributed by atoms with van der Waals surface area (Å²) in [5, 5.41) is 0. The maximum atomic E-state index is 2.71. The van der Waals surface area contributed by atoms with Crippen LogP contribution in [0.15, 0.2) is 0 Å². The second-order valence-corrected chi connectivity index (χ2v) is 13.0. The van der Waals surface area contributed by atoms with Gasteiger partial charge in [-0.15, -0.1) is 0 Å². The molecule has 4 aliphatic rings. The lowest BCUT2D eigenvalue weighted by atomic mass is 9.85. The first-order chi connectivity index (χ1) is 15.6. The molecule has 2 nitrogen and oxygen atoms in total. The van der Waals surface area contributed by atoms with Gasteiger partial charge in [-0.05, 0) is 103 Å². The zero-order valence-corrected chi connectivity index (χ0v) is 22.2. The molecule has 4 rings (SSSR count). The summed E-state index contributed by atoms with van der Waals surface area (Å²) < 4.78 is 2.91. The first-order valence-corrected chi connectivity index (χ1v) is 15.3. The molecular weight excluding hydrogens is 388 g/mol. The van der Waals surface area contributed by atoms with E-state index >= 15 is 0 Å². The standard InChI is InChI=1S/C30H58N2/c1-31(27-17-7-3-8-18-27,28-19-9-4-10-20-28)25-15-16-26-32(2,29-21-11-5-12-22-29)30-23-13-6-14-24-30/h27-30H,3-26H2,1-2H3/q+2. The first kappa shape index (κ1) is 25.0. The van der Waals surface area contributed by atoms with Gasteiger partial charge in [0.15, 0.2) is 0 Å². The van der Waals surface area contributed by atoms with Crippen LogP contribution < -0.4 is 0 Å². The van der Waals surface area contributed by atoms with Crippen molar-refractivity contribution in [2.24, 2.45) is 0 Å². The Balaban J connectivity index is 1.38. The van der Waals surface area contributed by atoms with E-state index in [1.807, 2.05) is 0 Å². The fourth-order valence-corrected chi connectivity index (χ4v) is 8.92. The minimum absolute atomic E-state index is 0.976. The SMILES string of the molecule is C[N+](CCCC[N+](C)(C1CCCCC1)C1CCCCC1)(C1CCCCC1)C1CCCCC1. The lowest BCUT2D eigenvalue weighted by Crippen LogP contribution is -2.61. The van der Waals surface area contributed by atoms with Crippen LogP contribution >= 0.6 is 0 Å². The van der Waals surface area contributed by atoms with Gasteiger partial charge in [0.05, 0.1) is 51.4 Å². The van der Waals surface area contributed by atoms with Crippen LogP contribution in [0.1, 0.15) is 141 Å². The summed E-state index contributed by atoms with van der Waals surface area (Å²) in [6.45, 7) is 2.95. The van der Waals surface area contributed by atoms with E-state index in [0.717, 1.165) is 24.2 Å². The molecule has 32 heavy (non-hydrogen) atoms. The van der Waals surface area contributed by atoms with Gasteiger partial charge in [0.25, 0.3) is 0 Å². The van der Waals surface area contributed by atoms with Crippen molar-refractivity contribution in [3.05, 3.63) is 0 Å². The number of quaternary nitrogens is 2. The largest absolute Gasteiger partial charge is 0.321 e. The van der Waals surface area contributed by atoms with Gasteiger partial charge in [-0.2, -0.15) is 0 Å². The van der Waals surface area contributed by atoms with Gasteiger partial charge < -0.3 is 8.97 Å². The first-order valence-electron chi connectivity index (χ1n) is 15.3. The summed E-state index contributed by atoms with van der Waals surface area (Å²) in [6.07, 6.45) is 33.1. The molecule has 0 heterocycles. The van der Waals surface area contributed by atoms with Crippen LogP contribution in [0.4, 0.5) is 0 Å². The maximum Gasteiger partial charge on any atom is 0.0890 e. The topological polar surface area (TPSA) is 0 Å².